The number of piperidine rings is 1. The number of anilines is 1. The van der Waals surface area contributed by atoms with E-state index < -0.39 is 17.3 Å². The molecule has 3 fully saturated rings. The van der Waals surface area contributed by atoms with Crippen molar-refractivity contribution in [2.45, 2.75) is 50.9 Å². The number of alkyl halides is 3. The van der Waals surface area contributed by atoms with Crippen molar-refractivity contribution in [2.24, 2.45) is 5.92 Å². The number of nitrogens with one attached hydrogen (secondary N) is 3. The highest BCUT2D eigenvalue weighted by molar-refractivity contribution is 5.95. The number of nitrogens with zero attached hydrogens (tertiary/aromatic N) is 4. The Morgan fingerprint density at radius 2 is 1.94 bits per heavy atom. The summed E-state index contributed by atoms with van der Waals surface area (Å²) in [4.78, 5) is 13.7. The summed E-state index contributed by atoms with van der Waals surface area (Å²) >= 11 is 0. The number of fused-ring (bicyclic) bond motifs is 2. The molecule has 1 aromatic heterocycles. The normalized spacial score (nSPS) is 23.5. The van der Waals surface area contributed by atoms with E-state index >= 15 is 0 Å². The molecular formula is C21H26F3N7O2. The van der Waals surface area contributed by atoms with Crippen LogP contribution in [0.4, 0.5) is 18.9 Å². The van der Waals surface area contributed by atoms with Crippen molar-refractivity contribution in [3.05, 3.63) is 36.2 Å². The Labute approximate surface area is 188 Å². The average Bonchev–Trinajstić information content (AvgIpc) is 3.27. The van der Waals surface area contributed by atoms with Crippen LogP contribution in [0.15, 0.2) is 30.6 Å². The van der Waals surface area contributed by atoms with E-state index in [4.69, 9.17) is 15.6 Å². The molecule has 33 heavy (non-hydrogen) atoms. The Balaban J connectivity index is 0.000000186. The first-order valence-corrected chi connectivity index (χ1v) is 10.3. The van der Waals surface area contributed by atoms with Crippen molar-refractivity contribution >= 4 is 23.9 Å². The Morgan fingerprint density at radius 1 is 1.27 bits per heavy atom. The second-order valence-corrected chi connectivity index (χ2v) is 8.23. The Morgan fingerprint density at radius 3 is 2.48 bits per heavy atom. The summed E-state index contributed by atoms with van der Waals surface area (Å²) in [5.41, 5.74) is -0.876. The van der Waals surface area contributed by atoms with Gasteiger partial charge < -0.3 is 15.0 Å². The summed E-state index contributed by atoms with van der Waals surface area (Å²) in [6.45, 7) is 3.63. The van der Waals surface area contributed by atoms with Crippen LogP contribution >= 0.6 is 0 Å². The second kappa shape index (κ2) is 9.20. The standard InChI is InChI=1S/C11H17N3O2.C10H9F3N4/c1-7-3-9-5-11(4-7,14(9)6-15)10(13)16-8(2)12;1-14-7-2-3-8(10(11,12)13)9(6-7)17-15-4-5-16-17/h6-7,9,12-13H,3-5H2,1-2H3;2-6,14H,1H3/t7-,9-,11?;/m1./s1. The minimum absolute atomic E-state index is 0.00639. The smallest absolute Gasteiger partial charge is 0.418 e. The first kappa shape index (κ1) is 24.2. The summed E-state index contributed by atoms with van der Waals surface area (Å²) in [6.07, 6.45) is 1.62. The number of ether oxygens (including phenoxy) is 1. The zero-order valence-electron chi connectivity index (χ0n) is 18.5. The second-order valence-electron chi connectivity index (χ2n) is 8.23. The zero-order chi connectivity index (χ0) is 24.4. The number of carbonyl (C=O) groups excluding carboxylic acids is 1. The van der Waals surface area contributed by atoms with Gasteiger partial charge in [0.2, 0.25) is 12.3 Å². The number of amides is 1. The molecule has 1 aromatic carbocycles. The van der Waals surface area contributed by atoms with E-state index in [1.54, 1.807) is 11.9 Å². The average molecular weight is 465 g/mol. The lowest BCUT2D eigenvalue weighted by atomic mass is 9.64. The van der Waals surface area contributed by atoms with E-state index in [0.717, 1.165) is 36.5 Å². The van der Waals surface area contributed by atoms with Crippen LogP contribution in [0.25, 0.3) is 5.69 Å². The van der Waals surface area contributed by atoms with Gasteiger partial charge in [-0.25, -0.2) is 0 Å². The lowest BCUT2D eigenvalue weighted by Crippen LogP contribution is -2.73. The molecule has 1 unspecified atom stereocenters. The minimum Gasteiger partial charge on any atom is -0.428 e. The van der Waals surface area contributed by atoms with Crippen LogP contribution < -0.4 is 5.32 Å². The van der Waals surface area contributed by atoms with Gasteiger partial charge in [0.15, 0.2) is 5.90 Å². The molecule has 5 rings (SSSR count). The monoisotopic (exact) mass is 465 g/mol. The van der Waals surface area contributed by atoms with Crippen LogP contribution in [0.1, 0.15) is 38.7 Å². The number of halogens is 3. The van der Waals surface area contributed by atoms with Gasteiger partial charge in [-0.2, -0.15) is 28.2 Å². The first-order valence-electron chi connectivity index (χ1n) is 10.3. The highest BCUT2D eigenvalue weighted by Gasteiger charge is 2.59. The van der Waals surface area contributed by atoms with Gasteiger partial charge in [0.05, 0.1) is 23.6 Å². The predicted molar refractivity (Wildman–Crippen MR) is 116 cm³/mol. The van der Waals surface area contributed by atoms with E-state index in [2.05, 4.69) is 22.4 Å². The number of hydrogen-bond acceptors (Lipinski definition) is 7. The molecule has 0 radical (unpaired) electrons. The molecule has 1 amide bonds. The molecule has 12 heteroatoms. The topological polar surface area (TPSA) is 120 Å². The van der Waals surface area contributed by atoms with E-state index in [0.29, 0.717) is 11.6 Å². The van der Waals surface area contributed by atoms with Gasteiger partial charge in [-0.05, 0) is 37.0 Å². The van der Waals surface area contributed by atoms with Gasteiger partial charge in [-0.3, -0.25) is 15.6 Å². The van der Waals surface area contributed by atoms with Crippen molar-refractivity contribution < 1.29 is 22.7 Å². The molecule has 178 valence electrons. The lowest BCUT2D eigenvalue weighted by Gasteiger charge is -2.61. The van der Waals surface area contributed by atoms with Crippen LogP contribution in [0, 0.1) is 16.7 Å². The molecule has 2 aromatic rings. The summed E-state index contributed by atoms with van der Waals surface area (Å²) < 4.78 is 43.4. The first-order chi connectivity index (χ1) is 15.5. The van der Waals surface area contributed by atoms with Gasteiger partial charge in [0, 0.05) is 32.1 Å². The summed E-state index contributed by atoms with van der Waals surface area (Å²) in [7, 11) is 1.63. The Hall–Kier alpha value is -3.44. The summed E-state index contributed by atoms with van der Waals surface area (Å²) in [6, 6.07) is 3.97. The fourth-order valence-electron chi connectivity index (χ4n) is 4.51. The minimum atomic E-state index is -4.44. The number of carbonyl (C=O) groups is 1. The third kappa shape index (κ3) is 4.83. The maximum Gasteiger partial charge on any atom is 0.418 e. The fourth-order valence-corrected chi connectivity index (χ4v) is 4.51. The fraction of sp³-hybridized carbons (Fsp3) is 0.476. The van der Waals surface area contributed by atoms with Gasteiger partial charge in [-0.1, -0.05) is 6.92 Å². The van der Waals surface area contributed by atoms with E-state index in [1.165, 1.54) is 31.5 Å². The van der Waals surface area contributed by atoms with Gasteiger partial charge in [0.25, 0.3) is 0 Å². The summed E-state index contributed by atoms with van der Waals surface area (Å²) in [5, 5.41) is 25.4. The van der Waals surface area contributed by atoms with Crippen LogP contribution in [0.5, 0.6) is 0 Å². The van der Waals surface area contributed by atoms with Crippen LogP contribution in [-0.4, -0.2) is 56.7 Å². The SMILES string of the molecule is CC(=N)OC(=N)C12C[C@H](C)C[C@H](C1)N2C=O.CNc1ccc(C(F)(F)F)c(-n2nccn2)c1. The highest BCUT2D eigenvalue weighted by Crippen LogP contribution is 2.49. The number of benzene rings is 1. The van der Waals surface area contributed by atoms with E-state index in [9.17, 15) is 18.0 Å². The molecule has 9 nitrogen and oxygen atoms in total. The third-order valence-electron chi connectivity index (χ3n) is 5.84. The van der Waals surface area contributed by atoms with Crippen molar-refractivity contribution in [2.75, 3.05) is 12.4 Å². The predicted octanol–water partition coefficient (Wildman–Crippen LogP) is 3.70. The molecule has 3 N–H and O–H groups in total. The van der Waals surface area contributed by atoms with Crippen molar-refractivity contribution in [3.63, 3.8) is 0 Å². The number of hydrogen-bond donors (Lipinski definition) is 3. The lowest BCUT2D eigenvalue weighted by molar-refractivity contribution is -0.146. The molecule has 2 aliphatic heterocycles. The van der Waals surface area contributed by atoms with Crippen molar-refractivity contribution in [1.82, 2.24) is 19.9 Å². The van der Waals surface area contributed by atoms with Gasteiger partial charge >= 0.3 is 6.18 Å². The van der Waals surface area contributed by atoms with E-state index in [-0.39, 0.29) is 23.5 Å². The van der Waals surface area contributed by atoms with Gasteiger partial charge in [0.1, 0.15) is 5.54 Å². The molecule has 0 spiro atoms. The molecule has 3 heterocycles. The molecule has 3 aliphatic rings. The molecule has 2 saturated heterocycles. The number of aromatic nitrogens is 3. The van der Waals surface area contributed by atoms with Crippen LogP contribution in [0.3, 0.4) is 0 Å². The maximum atomic E-state index is 12.8. The molecule has 2 bridgehead atoms. The van der Waals surface area contributed by atoms with Crippen LogP contribution in [0.2, 0.25) is 0 Å². The Kier molecular flexibility index (Phi) is 6.75. The molecular weight excluding hydrogens is 439 g/mol. The van der Waals surface area contributed by atoms with Crippen molar-refractivity contribution in [1.29, 1.82) is 10.8 Å². The Bertz CT molecular complexity index is 1030. The zero-order valence-corrected chi connectivity index (χ0v) is 18.5. The summed E-state index contributed by atoms with van der Waals surface area (Å²) in [5.74, 6) is 0.562. The van der Waals surface area contributed by atoms with E-state index in [1.807, 2.05) is 0 Å². The molecule has 3 atom stereocenters. The van der Waals surface area contributed by atoms with Gasteiger partial charge in [-0.15, -0.1) is 0 Å². The van der Waals surface area contributed by atoms with Crippen molar-refractivity contribution in [3.8, 4) is 5.69 Å². The van der Waals surface area contributed by atoms with Crippen LogP contribution in [-0.2, 0) is 15.7 Å². The highest BCUT2D eigenvalue weighted by atomic mass is 19.4. The molecule has 1 aliphatic carbocycles. The largest absolute Gasteiger partial charge is 0.428 e. The maximum absolute atomic E-state index is 12.8. The molecule has 1 saturated carbocycles. The third-order valence-corrected chi connectivity index (χ3v) is 5.84. The quantitative estimate of drug-likeness (QED) is 0.361. The number of rotatable bonds is 4.